The van der Waals surface area contributed by atoms with Gasteiger partial charge in [-0.05, 0) is 161 Å². The molecule has 69 heavy (non-hydrogen) atoms. The van der Waals surface area contributed by atoms with Crippen molar-refractivity contribution in [2.75, 3.05) is 63.9 Å². The van der Waals surface area contributed by atoms with Gasteiger partial charge in [-0.15, -0.1) is 0 Å². The Balaban J connectivity index is 0.731. The molecule has 2 atom stereocenters. The first-order chi connectivity index (χ1) is 33.3. The van der Waals surface area contributed by atoms with E-state index in [4.69, 9.17) is 19.2 Å². The van der Waals surface area contributed by atoms with Crippen LogP contribution in [-0.4, -0.2) is 117 Å². The highest BCUT2D eigenvalue weighted by Gasteiger charge is 2.46. The third-order valence-corrected chi connectivity index (χ3v) is 15.8. The number of phenols is 1. The maximum Gasteiger partial charge on any atom is 0.319 e. The fraction of sp³-hybridized carbons (Fsp3) is 0.509. The second kappa shape index (κ2) is 18.2. The number of aromatic hydroxyl groups is 1. The number of anilines is 1. The normalized spacial score (nSPS) is 23.0. The van der Waals surface area contributed by atoms with Gasteiger partial charge in [0, 0.05) is 55.2 Å². The minimum Gasteiger partial charge on any atom is -0.508 e. The smallest absolute Gasteiger partial charge is 0.319 e. The Morgan fingerprint density at radius 3 is 2.48 bits per heavy atom. The van der Waals surface area contributed by atoms with Gasteiger partial charge in [0.25, 0.3) is 0 Å². The number of phenolic OH excluding ortho intramolecular Hbond substituents is 1. The Labute approximate surface area is 399 Å². The third-order valence-electron chi connectivity index (χ3n) is 15.8. The zero-order valence-electron chi connectivity index (χ0n) is 39.4. The Morgan fingerprint density at radius 1 is 0.928 bits per heavy atom. The first-order valence-electron chi connectivity index (χ1n) is 24.9. The summed E-state index contributed by atoms with van der Waals surface area (Å²) in [4.78, 5) is 45.5. The summed E-state index contributed by atoms with van der Waals surface area (Å²) < 4.78 is 44.5. The highest BCUT2D eigenvalue weighted by molar-refractivity contribution is 6.03. The summed E-state index contributed by atoms with van der Waals surface area (Å²) in [5.74, 6) is -0.722. The lowest BCUT2D eigenvalue weighted by molar-refractivity contribution is -0.134. The number of carbonyl (C=O) groups is 2. The average molecular weight is 943 g/mol. The number of piperidine rings is 4. The van der Waals surface area contributed by atoms with Crippen LogP contribution in [0.3, 0.4) is 0 Å². The van der Waals surface area contributed by atoms with Crippen molar-refractivity contribution < 1.29 is 37.8 Å². The molecule has 4 saturated heterocycles. The number of hydrogen-bond donors (Lipinski definition) is 3. The monoisotopic (exact) mass is 942 g/mol. The van der Waals surface area contributed by atoms with E-state index in [9.17, 15) is 19.8 Å². The van der Waals surface area contributed by atoms with Gasteiger partial charge in [0.05, 0.1) is 23.5 Å². The molecule has 3 aromatic heterocycles. The van der Waals surface area contributed by atoms with E-state index in [-0.39, 0.29) is 45.8 Å². The van der Waals surface area contributed by atoms with Crippen LogP contribution in [0.4, 0.5) is 14.6 Å². The number of carbonyl (C=O) groups excluding carboxylic acids is 2. The third kappa shape index (κ3) is 9.11. The Morgan fingerprint density at radius 2 is 1.72 bits per heavy atom. The molecule has 1 unspecified atom stereocenters. The van der Waals surface area contributed by atoms with E-state index in [2.05, 4.69) is 37.4 Å². The summed E-state index contributed by atoms with van der Waals surface area (Å²) in [5, 5.41) is 30.8. The van der Waals surface area contributed by atoms with E-state index in [0.717, 1.165) is 89.6 Å². The maximum absolute atomic E-state index is 17.1. The molecule has 2 amide bonds. The molecule has 16 heteroatoms. The molecule has 11 rings (SSSR count). The second-order valence-electron chi connectivity index (χ2n) is 20.9. The number of pyridine rings is 1. The quantitative estimate of drug-likeness (QED) is 0.101. The fourth-order valence-electron chi connectivity index (χ4n) is 11.7. The minimum atomic E-state index is -0.961. The molecule has 4 aliphatic heterocycles. The number of likely N-dealkylation sites (tertiary alicyclic amines) is 2. The molecule has 3 N–H and O–H groups in total. The van der Waals surface area contributed by atoms with Crippen LogP contribution in [0.1, 0.15) is 107 Å². The van der Waals surface area contributed by atoms with Crippen molar-refractivity contribution in [2.24, 2.45) is 11.3 Å². The molecule has 7 heterocycles. The molecule has 1 aliphatic carbocycles. The molecule has 0 radical (unpaired) electrons. The molecular weight excluding hydrogens is 883 g/mol. The number of hydrogen-bond acceptors (Lipinski definition) is 13. The molecule has 1 saturated carbocycles. The van der Waals surface area contributed by atoms with E-state index in [1.54, 1.807) is 19.1 Å². The number of fused-ring (bicyclic) bond motifs is 3. The highest BCUT2D eigenvalue weighted by Crippen LogP contribution is 2.47. The van der Waals surface area contributed by atoms with Gasteiger partial charge in [-0.1, -0.05) is 24.2 Å². The summed E-state index contributed by atoms with van der Waals surface area (Å²) >= 11 is 0. The zero-order chi connectivity index (χ0) is 47.6. The van der Waals surface area contributed by atoms with Crippen LogP contribution in [0, 0.1) is 23.0 Å². The number of imide groups is 1. The van der Waals surface area contributed by atoms with Gasteiger partial charge in [-0.3, -0.25) is 19.9 Å². The number of nitrogens with one attached hydrogen (secondary N) is 1. The number of aliphatic hydroxyl groups is 1. The number of ether oxygens (including phenoxy) is 1. The number of aryl methyl sites for hydroxylation is 1. The zero-order valence-corrected chi connectivity index (χ0v) is 39.4. The molecule has 362 valence electrons. The van der Waals surface area contributed by atoms with Gasteiger partial charge in [0.1, 0.15) is 34.3 Å². The second-order valence-corrected chi connectivity index (χ2v) is 20.9. The van der Waals surface area contributed by atoms with Crippen molar-refractivity contribution >= 4 is 50.3 Å². The Kier molecular flexibility index (Phi) is 12.0. The number of rotatable bonds is 12. The van der Waals surface area contributed by atoms with Crippen LogP contribution in [0.25, 0.3) is 43.9 Å². The summed E-state index contributed by atoms with van der Waals surface area (Å²) in [7, 11) is 0. The molecule has 3 aromatic carbocycles. The first-order valence-corrected chi connectivity index (χ1v) is 24.9. The maximum atomic E-state index is 17.1. The summed E-state index contributed by atoms with van der Waals surface area (Å²) in [6.45, 7) is 11.1. The van der Waals surface area contributed by atoms with Crippen LogP contribution >= 0.6 is 0 Å². The van der Waals surface area contributed by atoms with E-state index in [1.165, 1.54) is 23.9 Å². The predicted octanol–water partition coefficient (Wildman–Crippen LogP) is 8.15. The summed E-state index contributed by atoms with van der Waals surface area (Å²) in [5.41, 5.74) is 2.18. The van der Waals surface area contributed by atoms with E-state index >= 15 is 8.78 Å². The van der Waals surface area contributed by atoms with Crippen LogP contribution in [-0.2, 0) is 16.0 Å². The molecular formula is C53H60F2N8O6. The number of benzene rings is 3. The molecule has 14 nitrogen and oxygen atoms in total. The van der Waals surface area contributed by atoms with E-state index in [1.807, 2.05) is 17.9 Å². The highest BCUT2D eigenvalue weighted by atomic mass is 19.1. The molecule has 0 bridgehead atoms. The van der Waals surface area contributed by atoms with Gasteiger partial charge in [0.2, 0.25) is 11.8 Å². The van der Waals surface area contributed by atoms with Crippen molar-refractivity contribution in [1.29, 1.82) is 0 Å². The topological polar surface area (TPSA) is 170 Å². The van der Waals surface area contributed by atoms with Crippen molar-refractivity contribution in [3.63, 3.8) is 0 Å². The largest absolute Gasteiger partial charge is 0.508 e. The molecule has 0 spiro atoms. The van der Waals surface area contributed by atoms with Gasteiger partial charge in [0.15, 0.2) is 11.4 Å². The van der Waals surface area contributed by atoms with E-state index in [0.29, 0.717) is 96.0 Å². The molecule has 6 aromatic rings. The van der Waals surface area contributed by atoms with Crippen molar-refractivity contribution in [2.45, 2.75) is 102 Å². The lowest BCUT2D eigenvalue weighted by Crippen LogP contribution is -2.46. The average Bonchev–Trinajstić information content (AvgIpc) is 3.98. The van der Waals surface area contributed by atoms with Crippen LogP contribution < -0.4 is 15.0 Å². The van der Waals surface area contributed by atoms with Crippen molar-refractivity contribution in [3.05, 3.63) is 77.1 Å². The number of β-amino-alcohol motifs (C(OH)–C–C–N with tert-alkyl or cyclic N) is 1. The number of nitrogens with zero attached hydrogens (tertiary/aromatic N) is 7. The van der Waals surface area contributed by atoms with Crippen LogP contribution in [0.2, 0.25) is 0 Å². The van der Waals surface area contributed by atoms with Gasteiger partial charge in [-0.2, -0.15) is 9.97 Å². The van der Waals surface area contributed by atoms with E-state index < -0.39 is 23.2 Å². The number of amides is 2. The molecule has 5 fully saturated rings. The van der Waals surface area contributed by atoms with Gasteiger partial charge < -0.3 is 34.2 Å². The Bertz CT molecular complexity index is 2960. The van der Waals surface area contributed by atoms with Crippen molar-refractivity contribution in [1.82, 2.24) is 35.2 Å². The lowest BCUT2D eigenvalue weighted by atomic mass is 9.87. The SMILES string of the molecule is CCc1c(F)ccc2cc(O)cc(-c3ncc4c(N5CCC[C@@](C)(O)C5)nc(OCC5(CN6CCC(CN7CCC(c8ccc9c(C%10CCC(=O)NC%10=O)noc9c8)CC7)CC6)CC5)nc4c3F)c12. The number of halogens is 2. The first kappa shape index (κ1) is 45.6. The van der Waals surface area contributed by atoms with Crippen molar-refractivity contribution in [3.8, 4) is 23.0 Å². The standard InChI is InChI=1S/C53H60F2N8O6/c1-3-36-41(54)9-6-34-23-35(64)25-39(44(34)36)47-45(55)48-40(26-56-47)49(63-18-4-15-52(2,67)28-63)59-51(58-48)68-30-53(16-17-53)29-62-19-11-31(12-20-62)27-61-21-13-32(14-22-61)33-5-7-37-42(24-33)69-60-46(37)38-8-10-43(65)57-50(38)66/h5-7,9,23-26,31-32,38,64,67H,3-4,8,10-22,27-30H2,1-2H3,(H,57,65,66)/t38?,52-/m1/s1. The predicted molar refractivity (Wildman–Crippen MR) is 257 cm³/mol. The van der Waals surface area contributed by atoms with Gasteiger partial charge in [-0.25, -0.2) is 8.78 Å². The summed E-state index contributed by atoms with van der Waals surface area (Å²) in [6.07, 6.45) is 10.5. The van der Waals surface area contributed by atoms with Crippen LogP contribution in [0.5, 0.6) is 11.8 Å². The van der Waals surface area contributed by atoms with Crippen LogP contribution in [0.15, 0.2) is 53.2 Å². The summed E-state index contributed by atoms with van der Waals surface area (Å²) in [6, 6.07) is 12.2. The fourth-order valence-corrected chi connectivity index (χ4v) is 11.7. The minimum absolute atomic E-state index is 0.0161. The Hall–Kier alpha value is -5.84. The lowest BCUT2D eigenvalue weighted by Gasteiger charge is -2.38. The van der Waals surface area contributed by atoms with Gasteiger partial charge >= 0.3 is 6.01 Å². The molecule has 5 aliphatic rings. The number of aromatic nitrogens is 4.